The lowest BCUT2D eigenvalue weighted by molar-refractivity contribution is 0.0656. The molecular weight excluding hydrogens is 342 g/mol. The van der Waals surface area contributed by atoms with Crippen LogP contribution in [0.15, 0.2) is 42.5 Å². The topological polar surface area (TPSA) is 78.5 Å². The number of urea groups is 1. The lowest BCUT2D eigenvalue weighted by atomic mass is 10.1. The van der Waals surface area contributed by atoms with Crippen LogP contribution in [0.5, 0.6) is 0 Å². The summed E-state index contributed by atoms with van der Waals surface area (Å²) in [5.74, 6) is -0.679. The second-order valence-electron chi connectivity index (χ2n) is 5.65. The van der Waals surface area contributed by atoms with Gasteiger partial charge in [-0.1, -0.05) is 29.8 Å². The van der Waals surface area contributed by atoms with Crippen molar-refractivity contribution in [2.45, 2.75) is 6.92 Å². The van der Waals surface area contributed by atoms with Gasteiger partial charge in [-0.2, -0.15) is 0 Å². The molecule has 7 heteroatoms. The first-order valence-corrected chi connectivity index (χ1v) is 8.11. The van der Waals surface area contributed by atoms with Gasteiger partial charge in [-0.3, -0.25) is 14.5 Å². The minimum Gasteiger partial charge on any atom is -0.336 e. The van der Waals surface area contributed by atoms with Crippen molar-refractivity contribution in [3.8, 4) is 0 Å². The molecular formula is C18H16ClN3O3. The number of nitrogens with one attached hydrogen (secondary N) is 2. The Morgan fingerprint density at radius 3 is 2.36 bits per heavy atom. The smallest absolute Gasteiger partial charge is 0.319 e. The van der Waals surface area contributed by atoms with Gasteiger partial charge in [0.15, 0.2) is 0 Å². The summed E-state index contributed by atoms with van der Waals surface area (Å²) in [4.78, 5) is 37.5. The van der Waals surface area contributed by atoms with E-state index < -0.39 is 6.03 Å². The Morgan fingerprint density at radius 2 is 1.72 bits per heavy atom. The van der Waals surface area contributed by atoms with E-state index in [4.69, 9.17) is 11.6 Å². The number of carbonyl (C=O) groups excluding carboxylic acids is 3. The predicted octanol–water partition coefficient (Wildman–Crippen LogP) is 3.07. The van der Waals surface area contributed by atoms with Crippen LogP contribution in [0.3, 0.4) is 0 Å². The number of halogens is 1. The number of aryl methyl sites for hydroxylation is 1. The third kappa shape index (κ3) is 3.49. The Morgan fingerprint density at radius 1 is 1.08 bits per heavy atom. The van der Waals surface area contributed by atoms with Gasteiger partial charge in [-0.15, -0.1) is 0 Å². The zero-order chi connectivity index (χ0) is 18.0. The van der Waals surface area contributed by atoms with Crippen LogP contribution in [-0.4, -0.2) is 35.8 Å². The molecule has 4 amide bonds. The van der Waals surface area contributed by atoms with E-state index in [1.165, 1.54) is 0 Å². The molecule has 2 aromatic carbocycles. The maximum absolute atomic E-state index is 12.2. The molecule has 128 valence electrons. The summed E-state index contributed by atoms with van der Waals surface area (Å²) in [7, 11) is 0. The van der Waals surface area contributed by atoms with Crippen molar-refractivity contribution in [3.63, 3.8) is 0 Å². The van der Waals surface area contributed by atoms with E-state index in [1.54, 1.807) is 42.5 Å². The first-order chi connectivity index (χ1) is 12.0. The first kappa shape index (κ1) is 17.0. The Balaban J connectivity index is 1.55. The Kier molecular flexibility index (Phi) is 4.72. The van der Waals surface area contributed by atoms with E-state index >= 15 is 0 Å². The van der Waals surface area contributed by atoms with Crippen molar-refractivity contribution in [2.75, 3.05) is 18.4 Å². The average Bonchev–Trinajstić information content (AvgIpc) is 2.83. The molecule has 1 heterocycles. The van der Waals surface area contributed by atoms with Gasteiger partial charge in [0.25, 0.3) is 11.8 Å². The van der Waals surface area contributed by atoms with Gasteiger partial charge in [0.05, 0.1) is 11.1 Å². The Bertz CT molecular complexity index is 831. The molecule has 6 nitrogen and oxygen atoms in total. The van der Waals surface area contributed by atoms with Crippen LogP contribution in [0.25, 0.3) is 0 Å². The van der Waals surface area contributed by atoms with Crippen molar-refractivity contribution in [2.24, 2.45) is 0 Å². The van der Waals surface area contributed by atoms with Crippen molar-refractivity contribution < 1.29 is 14.4 Å². The van der Waals surface area contributed by atoms with Crippen molar-refractivity contribution in [1.82, 2.24) is 10.2 Å². The van der Waals surface area contributed by atoms with E-state index in [1.807, 2.05) is 6.92 Å². The molecule has 25 heavy (non-hydrogen) atoms. The highest BCUT2D eigenvalue weighted by Crippen LogP contribution is 2.22. The number of hydrogen-bond acceptors (Lipinski definition) is 3. The van der Waals surface area contributed by atoms with Crippen LogP contribution in [0.2, 0.25) is 5.02 Å². The number of amides is 4. The lowest BCUT2D eigenvalue weighted by Crippen LogP contribution is -2.39. The van der Waals surface area contributed by atoms with Gasteiger partial charge in [-0.25, -0.2) is 4.79 Å². The number of nitrogens with zero attached hydrogens (tertiary/aromatic N) is 1. The summed E-state index contributed by atoms with van der Waals surface area (Å²) in [6.07, 6.45) is 0. The van der Waals surface area contributed by atoms with E-state index in [9.17, 15) is 14.4 Å². The second kappa shape index (κ2) is 6.94. The highest BCUT2D eigenvalue weighted by atomic mass is 35.5. The molecule has 3 rings (SSSR count). The summed E-state index contributed by atoms with van der Waals surface area (Å²) >= 11 is 5.91. The number of rotatable bonds is 4. The molecule has 0 aromatic heterocycles. The zero-order valence-corrected chi connectivity index (χ0v) is 14.3. The number of benzene rings is 2. The van der Waals surface area contributed by atoms with Crippen molar-refractivity contribution in [3.05, 3.63) is 64.2 Å². The quantitative estimate of drug-likeness (QED) is 0.825. The monoisotopic (exact) mass is 357 g/mol. The second-order valence-corrected chi connectivity index (χ2v) is 6.08. The molecule has 1 aliphatic heterocycles. The molecule has 0 saturated carbocycles. The minimum absolute atomic E-state index is 0.105. The summed E-state index contributed by atoms with van der Waals surface area (Å²) in [5.41, 5.74) is 2.27. The summed E-state index contributed by atoms with van der Waals surface area (Å²) in [6.45, 7) is 2.11. The molecule has 2 N–H and O–H groups in total. The van der Waals surface area contributed by atoms with Gasteiger partial charge in [0, 0.05) is 23.8 Å². The van der Waals surface area contributed by atoms with Crippen LogP contribution in [-0.2, 0) is 0 Å². The largest absolute Gasteiger partial charge is 0.336 e. The minimum atomic E-state index is -0.429. The molecule has 1 aliphatic rings. The fraction of sp³-hybridized carbons (Fsp3) is 0.167. The molecule has 0 saturated heterocycles. The summed E-state index contributed by atoms with van der Waals surface area (Å²) in [6, 6.07) is 11.4. The molecule has 0 bridgehead atoms. The van der Waals surface area contributed by atoms with Crippen LogP contribution >= 0.6 is 11.6 Å². The average molecular weight is 358 g/mol. The fourth-order valence-electron chi connectivity index (χ4n) is 2.62. The van der Waals surface area contributed by atoms with Gasteiger partial charge in [-0.05, 0) is 36.8 Å². The maximum Gasteiger partial charge on any atom is 0.319 e. The number of fused-ring (bicyclic) bond motifs is 1. The van der Waals surface area contributed by atoms with Gasteiger partial charge in [0.1, 0.15) is 0 Å². The van der Waals surface area contributed by atoms with Crippen molar-refractivity contribution in [1.29, 1.82) is 0 Å². The molecule has 2 aromatic rings. The zero-order valence-electron chi connectivity index (χ0n) is 13.5. The van der Waals surface area contributed by atoms with Gasteiger partial charge in [0.2, 0.25) is 0 Å². The van der Waals surface area contributed by atoms with E-state index in [-0.39, 0.29) is 24.9 Å². The van der Waals surface area contributed by atoms with Crippen LogP contribution in [0.1, 0.15) is 26.3 Å². The third-order valence-electron chi connectivity index (χ3n) is 3.95. The molecule has 0 radical (unpaired) electrons. The Labute approximate surface area is 149 Å². The lowest BCUT2D eigenvalue weighted by Gasteiger charge is -2.15. The third-order valence-corrected chi connectivity index (χ3v) is 4.18. The normalized spacial score (nSPS) is 13.0. The molecule has 0 atom stereocenters. The fourth-order valence-corrected chi connectivity index (χ4v) is 2.79. The van der Waals surface area contributed by atoms with Gasteiger partial charge < -0.3 is 10.6 Å². The predicted molar refractivity (Wildman–Crippen MR) is 95.0 cm³/mol. The van der Waals surface area contributed by atoms with Crippen LogP contribution < -0.4 is 10.6 Å². The van der Waals surface area contributed by atoms with E-state index in [2.05, 4.69) is 10.6 Å². The standard InChI is InChI=1S/C18H16ClN3O3/c1-11-6-7-12(19)10-15(11)21-18(25)20-8-9-22-16(23)13-4-2-3-5-14(13)17(22)24/h2-7,10H,8-9H2,1H3,(H2,20,21,25). The molecule has 0 spiro atoms. The van der Waals surface area contributed by atoms with Crippen LogP contribution in [0.4, 0.5) is 10.5 Å². The SMILES string of the molecule is Cc1ccc(Cl)cc1NC(=O)NCCN1C(=O)c2ccccc2C1=O. The van der Waals surface area contributed by atoms with E-state index in [0.29, 0.717) is 21.8 Å². The number of anilines is 1. The summed E-state index contributed by atoms with van der Waals surface area (Å²) < 4.78 is 0. The highest BCUT2D eigenvalue weighted by Gasteiger charge is 2.34. The number of imide groups is 1. The molecule has 0 fully saturated rings. The molecule has 0 unspecified atom stereocenters. The summed E-state index contributed by atoms with van der Waals surface area (Å²) in [5, 5.41) is 5.85. The van der Waals surface area contributed by atoms with Gasteiger partial charge >= 0.3 is 6.03 Å². The molecule has 0 aliphatic carbocycles. The number of hydrogen-bond donors (Lipinski definition) is 2. The van der Waals surface area contributed by atoms with E-state index in [0.717, 1.165) is 10.5 Å². The maximum atomic E-state index is 12.2. The highest BCUT2D eigenvalue weighted by molar-refractivity contribution is 6.31. The number of carbonyl (C=O) groups is 3. The first-order valence-electron chi connectivity index (χ1n) is 7.73. The van der Waals surface area contributed by atoms with Crippen molar-refractivity contribution >= 4 is 35.1 Å². The Hall–Kier alpha value is -2.86. The van der Waals surface area contributed by atoms with Crippen LogP contribution in [0, 0.1) is 6.92 Å².